The van der Waals surface area contributed by atoms with Crippen LogP contribution in [0.3, 0.4) is 0 Å². The number of allylic oxidation sites excluding steroid dienone is 2. The van der Waals surface area contributed by atoms with E-state index in [1.165, 1.54) is 11.3 Å². The first kappa shape index (κ1) is 19.7. The van der Waals surface area contributed by atoms with Gasteiger partial charge >= 0.3 is 5.97 Å². The predicted molar refractivity (Wildman–Crippen MR) is 115 cm³/mol. The number of carbonyl (C=O) groups is 2. The van der Waals surface area contributed by atoms with Gasteiger partial charge < -0.3 is 10.5 Å². The fourth-order valence-corrected chi connectivity index (χ4v) is 4.99. The molecule has 2 N–H and O–H groups in total. The van der Waals surface area contributed by atoms with Gasteiger partial charge in [0, 0.05) is 33.3 Å². The molecule has 0 unspecified atom stereocenters. The van der Waals surface area contributed by atoms with Crippen LogP contribution in [0.25, 0.3) is 0 Å². The summed E-state index contributed by atoms with van der Waals surface area (Å²) in [6.07, 6.45) is 1.93. The summed E-state index contributed by atoms with van der Waals surface area (Å²) in [5.41, 5.74) is 9.19. The molecule has 2 aliphatic rings. The molecule has 1 aromatic carbocycles. The average molecular weight is 429 g/mol. The van der Waals surface area contributed by atoms with Gasteiger partial charge in [0.15, 0.2) is 5.78 Å². The number of hydrogen-bond acceptors (Lipinski definition) is 6. The number of halogens is 1. The molecule has 1 aromatic heterocycles. The highest BCUT2D eigenvalue weighted by molar-refractivity contribution is 7.10. The van der Waals surface area contributed by atoms with E-state index in [4.69, 9.17) is 22.1 Å². The zero-order valence-corrected chi connectivity index (χ0v) is 17.6. The highest BCUT2D eigenvalue weighted by Crippen LogP contribution is 2.47. The summed E-state index contributed by atoms with van der Waals surface area (Å²) < 4.78 is 5.34. The molecular weight excluding hydrogens is 408 g/mol. The lowest BCUT2D eigenvalue weighted by Crippen LogP contribution is -2.40. The smallest absolute Gasteiger partial charge is 0.338 e. The summed E-state index contributed by atoms with van der Waals surface area (Å²) in [7, 11) is 0. The van der Waals surface area contributed by atoms with E-state index in [1.807, 2.05) is 34.5 Å². The third kappa shape index (κ3) is 3.47. The van der Waals surface area contributed by atoms with Crippen molar-refractivity contribution in [3.8, 4) is 0 Å². The summed E-state index contributed by atoms with van der Waals surface area (Å²) in [6, 6.07) is 11.1. The summed E-state index contributed by atoms with van der Waals surface area (Å²) in [6.45, 7) is 1.98. The van der Waals surface area contributed by atoms with Gasteiger partial charge in [-0.1, -0.05) is 17.7 Å². The Morgan fingerprint density at radius 1 is 1.28 bits per heavy atom. The van der Waals surface area contributed by atoms with Crippen LogP contribution in [0, 0.1) is 0 Å². The van der Waals surface area contributed by atoms with Crippen molar-refractivity contribution in [3.05, 3.63) is 74.3 Å². The number of thiophene rings is 1. The topological polar surface area (TPSA) is 72.6 Å². The Kier molecular flexibility index (Phi) is 5.48. The van der Waals surface area contributed by atoms with Gasteiger partial charge in [0.25, 0.3) is 0 Å². The monoisotopic (exact) mass is 428 g/mol. The molecule has 0 spiro atoms. The van der Waals surface area contributed by atoms with E-state index in [1.54, 1.807) is 19.1 Å². The molecule has 0 radical (unpaired) electrons. The lowest BCUT2D eigenvalue weighted by molar-refractivity contribution is -0.138. The third-order valence-corrected chi connectivity index (χ3v) is 6.39. The maximum atomic E-state index is 13.1. The van der Waals surface area contributed by atoms with Gasteiger partial charge in [0.1, 0.15) is 5.82 Å². The average Bonchev–Trinajstić information content (AvgIpc) is 3.23. The van der Waals surface area contributed by atoms with Crippen LogP contribution >= 0.6 is 22.9 Å². The minimum atomic E-state index is -0.500. The first-order valence-corrected chi connectivity index (χ1v) is 10.8. The zero-order valence-electron chi connectivity index (χ0n) is 16.0. The van der Waals surface area contributed by atoms with Crippen LogP contribution in [0.2, 0.25) is 5.02 Å². The second kappa shape index (κ2) is 8.05. The number of carbonyl (C=O) groups excluding carboxylic acids is 2. The summed E-state index contributed by atoms with van der Waals surface area (Å²) in [5.74, 6) is -0.636. The first-order chi connectivity index (χ1) is 14.0. The molecular formula is C22H21ClN2O3S. The van der Waals surface area contributed by atoms with E-state index < -0.39 is 11.9 Å². The lowest BCUT2D eigenvalue weighted by Gasteiger charge is -2.40. The van der Waals surface area contributed by atoms with E-state index in [0.717, 1.165) is 22.7 Å². The summed E-state index contributed by atoms with van der Waals surface area (Å²) >= 11 is 7.57. The molecule has 2 aromatic rings. The van der Waals surface area contributed by atoms with E-state index in [9.17, 15) is 9.59 Å². The van der Waals surface area contributed by atoms with Crippen molar-refractivity contribution in [2.75, 3.05) is 11.5 Å². The van der Waals surface area contributed by atoms with Crippen LogP contribution < -0.4 is 10.6 Å². The Balaban J connectivity index is 1.97. The standard InChI is InChI=1S/C22H21ClN2O3S/c1-2-28-22(27)20-19(17-7-4-12-29-17)18-15(5-3-6-16(18)26)25(21(20)24)14-10-8-13(23)9-11-14/h4,7-12,19H,2-3,5-6,24H2,1H3/t19-/m0/s1. The van der Waals surface area contributed by atoms with Gasteiger partial charge in [0.2, 0.25) is 0 Å². The molecule has 1 aliphatic heterocycles. The second-order valence-electron chi connectivity index (χ2n) is 6.92. The Labute approximate surface area is 178 Å². The zero-order chi connectivity index (χ0) is 20.5. The van der Waals surface area contributed by atoms with Crippen LogP contribution in [-0.4, -0.2) is 18.4 Å². The molecule has 0 amide bonds. The SMILES string of the molecule is CCOC(=O)C1=C(N)N(c2ccc(Cl)cc2)C2=C(C(=O)CCC2)[C@@H]1c1cccs1. The van der Waals surface area contributed by atoms with Gasteiger partial charge in [-0.15, -0.1) is 11.3 Å². The van der Waals surface area contributed by atoms with Crippen molar-refractivity contribution in [2.45, 2.75) is 32.1 Å². The Bertz CT molecular complexity index is 1010. The van der Waals surface area contributed by atoms with Gasteiger partial charge in [-0.3, -0.25) is 9.69 Å². The highest BCUT2D eigenvalue weighted by Gasteiger charge is 2.43. The molecule has 29 heavy (non-hydrogen) atoms. The Morgan fingerprint density at radius 3 is 2.69 bits per heavy atom. The number of nitrogens with zero attached hydrogens (tertiary/aromatic N) is 1. The molecule has 0 saturated carbocycles. The fraction of sp³-hybridized carbons (Fsp3) is 0.273. The van der Waals surface area contributed by atoms with Crippen LogP contribution in [0.15, 0.2) is 64.4 Å². The number of anilines is 1. The maximum Gasteiger partial charge on any atom is 0.338 e. The molecule has 7 heteroatoms. The molecule has 0 saturated heterocycles. The van der Waals surface area contributed by atoms with Crippen LogP contribution in [0.4, 0.5) is 5.69 Å². The van der Waals surface area contributed by atoms with Crippen molar-refractivity contribution in [2.24, 2.45) is 5.73 Å². The summed E-state index contributed by atoms with van der Waals surface area (Å²) in [4.78, 5) is 28.8. The molecule has 4 rings (SSSR count). The number of hydrogen-bond donors (Lipinski definition) is 1. The first-order valence-electron chi connectivity index (χ1n) is 9.55. The largest absolute Gasteiger partial charge is 0.463 e. The third-order valence-electron chi connectivity index (χ3n) is 5.20. The fourth-order valence-electron chi connectivity index (χ4n) is 4.02. The van der Waals surface area contributed by atoms with Crippen molar-refractivity contribution < 1.29 is 14.3 Å². The van der Waals surface area contributed by atoms with E-state index in [-0.39, 0.29) is 12.4 Å². The van der Waals surface area contributed by atoms with Crippen LogP contribution in [0.1, 0.15) is 37.0 Å². The number of nitrogens with two attached hydrogens (primary N) is 1. The molecule has 0 fully saturated rings. The number of esters is 1. The molecule has 1 atom stereocenters. The minimum Gasteiger partial charge on any atom is -0.463 e. The number of ether oxygens (including phenoxy) is 1. The Morgan fingerprint density at radius 2 is 2.03 bits per heavy atom. The summed E-state index contributed by atoms with van der Waals surface area (Å²) in [5, 5.41) is 2.54. The van der Waals surface area contributed by atoms with Gasteiger partial charge in [-0.25, -0.2) is 4.79 Å². The normalized spacial score (nSPS) is 19.4. The van der Waals surface area contributed by atoms with Crippen molar-refractivity contribution >= 4 is 40.4 Å². The second-order valence-corrected chi connectivity index (χ2v) is 8.33. The molecule has 0 bridgehead atoms. The van der Waals surface area contributed by atoms with Crippen LogP contribution in [0.5, 0.6) is 0 Å². The van der Waals surface area contributed by atoms with Gasteiger partial charge in [-0.05, 0) is 55.5 Å². The van der Waals surface area contributed by atoms with E-state index in [0.29, 0.717) is 34.8 Å². The minimum absolute atomic E-state index is 0.0536. The van der Waals surface area contributed by atoms with Crippen LogP contribution in [-0.2, 0) is 14.3 Å². The predicted octanol–water partition coefficient (Wildman–Crippen LogP) is 4.75. The number of ketones is 1. The molecule has 150 valence electrons. The Hall–Kier alpha value is -2.57. The lowest BCUT2D eigenvalue weighted by atomic mass is 9.77. The van der Waals surface area contributed by atoms with Crippen molar-refractivity contribution in [3.63, 3.8) is 0 Å². The van der Waals surface area contributed by atoms with E-state index in [2.05, 4.69) is 0 Å². The number of rotatable bonds is 4. The molecule has 1 aliphatic carbocycles. The van der Waals surface area contributed by atoms with Crippen molar-refractivity contribution in [1.82, 2.24) is 0 Å². The quantitative estimate of drug-likeness (QED) is 0.711. The maximum absolute atomic E-state index is 13.1. The van der Waals surface area contributed by atoms with E-state index >= 15 is 0 Å². The highest BCUT2D eigenvalue weighted by atomic mass is 35.5. The molecule has 2 heterocycles. The molecule has 5 nitrogen and oxygen atoms in total. The number of benzene rings is 1. The number of Topliss-reactive ketones (excluding diaryl/α,β-unsaturated/α-hetero) is 1. The van der Waals surface area contributed by atoms with Gasteiger partial charge in [-0.2, -0.15) is 0 Å². The van der Waals surface area contributed by atoms with Gasteiger partial charge in [0.05, 0.1) is 18.1 Å². The van der Waals surface area contributed by atoms with Crippen molar-refractivity contribution in [1.29, 1.82) is 0 Å².